The van der Waals surface area contributed by atoms with E-state index in [2.05, 4.69) is 10.3 Å². The first-order chi connectivity index (χ1) is 8.75. The molecule has 0 aliphatic heterocycles. The molecule has 0 saturated heterocycles. The number of amides is 1. The van der Waals surface area contributed by atoms with Gasteiger partial charge < -0.3 is 11.1 Å². The molecule has 0 aliphatic carbocycles. The normalized spacial score (nSPS) is 13.3. The minimum Gasteiger partial charge on any atom is -0.323 e. The van der Waals surface area contributed by atoms with Crippen molar-refractivity contribution < 1.29 is 13.2 Å². The van der Waals surface area contributed by atoms with E-state index in [1.165, 1.54) is 18.3 Å². The minimum absolute atomic E-state index is 0. The van der Waals surface area contributed by atoms with Crippen LogP contribution in [-0.2, 0) is 14.6 Å². The molecule has 2 atom stereocenters. The Morgan fingerprint density at radius 2 is 1.95 bits per heavy atom. The number of nitrogens with two attached hydrogens (primary N) is 1. The number of sulfone groups is 1. The summed E-state index contributed by atoms with van der Waals surface area (Å²) in [5.74, 6) is -0.230. The lowest BCUT2D eigenvalue weighted by atomic mass is 9.99. The van der Waals surface area contributed by atoms with Gasteiger partial charge in [0.1, 0.15) is 0 Å². The van der Waals surface area contributed by atoms with Crippen LogP contribution in [0.15, 0.2) is 23.4 Å². The van der Waals surface area contributed by atoms with Crippen molar-refractivity contribution in [1.29, 1.82) is 0 Å². The zero-order chi connectivity index (χ0) is 14.6. The molecule has 0 fully saturated rings. The first kappa shape index (κ1) is 22.4. The number of carbonyl (C=O) groups is 1. The number of carbonyl (C=O) groups excluding carboxylic acids is 1. The van der Waals surface area contributed by atoms with Crippen LogP contribution in [0.2, 0.25) is 0 Å². The summed E-state index contributed by atoms with van der Waals surface area (Å²) < 4.78 is 22.5. The fourth-order valence-corrected chi connectivity index (χ4v) is 1.97. The number of hydrogen-bond acceptors (Lipinski definition) is 5. The van der Waals surface area contributed by atoms with Crippen molar-refractivity contribution in [2.75, 3.05) is 11.6 Å². The second-order valence-corrected chi connectivity index (χ2v) is 6.52. The third-order valence-electron chi connectivity index (χ3n) is 2.94. The van der Waals surface area contributed by atoms with Gasteiger partial charge in [0.2, 0.25) is 5.91 Å². The van der Waals surface area contributed by atoms with Gasteiger partial charge in [0.15, 0.2) is 14.9 Å². The number of nitrogens with zero attached hydrogens (tertiary/aromatic N) is 1. The third-order valence-corrected chi connectivity index (χ3v) is 3.94. The summed E-state index contributed by atoms with van der Waals surface area (Å²) in [6.45, 7) is 3.86. The first-order valence-corrected chi connectivity index (χ1v) is 7.87. The molecular formula is C12H21Cl2N3O3S. The molecule has 1 rings (SSSR count). The second-order valence-electron chi connectivity index (χ2n) is 4.56. The van der Waals surface area contributed by atoms with Crippen molar-refractivity contribution in [2.24, 2.45) is 11.7 Å². The standard InChI is InChI=1S/C12H19N3O3S.2ClH/c1-4-8(2)11(13)12(16)15-9-5-6-10(14-7-9)19(3,17)18;;/h5-8,11H,4,13H2,1-3H3,(H,15,16);2*1H. The van der Waals surface area contributed by atoms with Gasteiger partial charge in [-0.3, -0.25) is 4.79 Å². The van der Waals surface area contributed by atoms with E-state index in [1.54, 1.807) is 0 Å². The van der Waals surface area contributed by atoms with Gasteiger partial charge in [0.05, 0.1) is 17.9 Å². The molecule has 21 heavy (non-hydrogen) atoms. The molecule has 9 heteroatoms. The Hall–Kier alpha value is -0.890. The summed E-state index contributed by atoms with van der Waals surface area (Å²) in [5.41, 5.74) is 6.22. The molecular weight excluding hydrogens is 337 g/mol. The van der Waals surface area contributed by atoms with Crippen LogP contribution in [-0.4, -0.2) is 31.6 Å². The average Bonchev–Trinajstić information content (AvgIpc) is 2.36. The van der Waals surface area contributed by atoms with Crippen molar-refractivity contribution in [1.82, 2.24) is 4.98 Å². The summed E-state index contributed by atoms with van der Waals surface area (Å²) in [7, 11) is -3.33. The van der Waals surface area contributed by atoms with E-state index in [1.807, 2.05) is 13.8 Å². The second kappa shape index (κ2) is 9.19. The zero-order valence-corrected chi connectivity index (χ0v) is 14.5. The molecule has 1 heterocycles. The molecule has 0 spiro atoms. The molecule has 0 radical (unpaired) electrons. The molecule has 0 aliphatic rings. The number of rotatable bonds is 5. The number of nitrogens with one attached hydrogen (secondary N) is 1. The lowest BCUT2D eigenvalue weighted by molar-refractivity contribution is -0.118. The maximum Gasteiger partial charge on any atom is 0.241 e. The van der Waals surface area contributed by atoms with E-state index in [-0.39, 0.29) is 41.7 Å². The monoisotopic (exact) mass is 357 g/mol. The van der Waals surface area contributed by atoms with E-state index >= 15 is 0 Å². The highest BCUT2D eigenvalue weighted by atomic mass is 35.5. The van der Waals surface area contributed by atoms with Gasteiger partial charge in [-0.1, -0.05) is 20.3 Å². The van der Waals surface area contributed by atoms with Crippen LogP contribution >= 0.6 is 24.8 Å². The lowest BCUT2D eigenvalue weighted by Crippen LogP contribution is -2.40. The Bertz CT molecular complexity index is 549. The largest absolute Gasteiger partial charge is 0.323 e. The van der Waals surface area contributed by atoms with Gasteiger partial charge in [-0.15, -0.1) is 24.8 Å². The van der Waals surface area contributed by atoms with E-state index in [0.29, 0.717) is 5.69 Å². The fourth-order valence-electron chi connectivity index (χ4n) is 1.41. The van der Waals surface area contributed by atoms with Crippen LogP contribution in [0.5, 0.6) is 0 Å². The fraction of sp³-hybridized carbons (Fsp3) is 0.500. The molecule has 1 aromatic rings. The SMILES string of the molecule is CCC(C)C(N)C(=O)Nc1ccc(S(C)(=O)=O)nc1.Cl.Cl. The van der Waals surface area contributed by atoms with E-state index in [0.717, 1.165) is 12.7 Å². The van der Waals surface area contributed by atoms with Crippen LogP contribution in [0.25, 0.3) is 0 Å². The van der Waals surface area contributed by atoms with Gasteiger partial charge in [0, 0.05) is 6.26 Å². The Labute approximate surface area is 137 Å². The topological polar surface area (TPSA) is 102 Å². The van der Waals surface area contributed by atoms with Crippen LogP contribution in [0, 0.1) is 5.92 Å². The first-order valence-electron chi connectivity index (χ1n) is 5.98. The molecule has 122 valence electrons. The summed E-state index contributed by atoms with van der Waals surface area (Å²) >= 11 is 0. The van der Waals surface area contributed by atoms with E-state index < -0.39 is 15.9 Å². The number of aromatic nitrogens is 1. The molecule has 2 unspecified atom stereocenters. The van der Waals surface area contributed by atoms with Crippen LogP contribution in [0.4, 0.5) is 5.69 Å². The molecule has 6 nitrogen and oxygen atoms in total. The molecule has 0 bridgehead atoms. The molecule has 1 aromatic heterocycles. The van der Waals surface area contributed by atoms with Crippen molar-refractivity contribution in [2.45, 2.75) is 31.3 Å². The predicted molar refractivity (Wildman–Crippen MR) is 87.9 cm³/mol. The third kappa shape index (κ3) is 6.60. The smallest absolute Gasteiger partial charge is 0.241 e. The Morgan fingerprint density at radius 1 is 1.38 bits per heavy atom. The highest BCUT2D eigenvalue weighted by molar-refractivity contribution is 7.90. The van der Waals surface area contributed by atoms with Crippen molar-refractivity contribution >= 4 is 46.2 Å². The summed E-state index contributed by atoms with van der Waals surface area (Å²) in [6, 6.07) is 2.24. The Balaban J connectivity index is 0. The van der Waals surface area contributed by atoms with Crippen molar-refractivity contribution in [3.8, 4) is 0 Å². The molecule has 0 aromatic carbocycles. The number of hydrogen-bond donors (Lipinski definition) is 2. The van der Waals surface area contributed by atoms with E-state index in [4.69, 9.17) is 5.73 Å². The Morgan fingerprint density at radius 3 is 2.33 bits per heavy atom. The van der Waals surface area contributed by atoms with Gasteiger partial charge >= 0.3 is 0 Å². The summed E-state index contributed by atoms with van der Waals surface area (Å²) in [5, 5.41) is 2.58. The van der Waals surface area contributed by atoms with Gasteiger partial charge in [-0.2, -0.15) is 0 Å². The maximum atomic E-state index is 11.8. The van der Waals surface area contributed by atoms with Gasteiger partial charge in [-0.25, -0.2) is 13.4 Å². The average molecular weight is 358 g/mol. The Kier molecular flexibility index (Phi) is 9.80. The number of anilines is 1. The maximum absolute atomic E-state index is 11.8. The molecule has 1 amide bonds. The van der Waals surface area contributed by atoms with Crippen molar-refractivity contribution in [3.63, 3.8) is 0 Å². The quantitative estimate of drug-likeness (QED) is 0.833. The number of halogens is 2. The summed E-state index contributed by atoms with van der Waals surface area (Å²) in [6.07, 6.45) is 3.18. The van der Waals surface area contributed by atoms with Gasteiger partial charge in [-0.05, 0) is 18.1 Å². The van der Waals surface area contributed by atoms with Gasteiger partial charge in [0.25, 0.3) is 0 Å². The molecule has 3 N–H and O–H groups in total. The van der Waals surface area contributed by atoms with E-state index in [9.17, 15) is 13.2 Å². The van der Waals surface area contributed by atoms with Crippen LogP contribution in [0.1, 0.15) is 20.3 Å². The molecule has 0 saturated carbocycles. The van der Waals surface area contributed by atoms with Crippen LogP contribution < -0.4 is 11.1 Å². The highest BCUT2D eigenvalue weighted by Gasteiger charge is 2.19. The van der Waals surface area contributed by atoms with Crippen molar-refractivity contribution in [3.05, 3.63) is 18.3 Å². The predicted octanol–water partition coefficient (Wildman–Crippen LogP) is 1.64. The lowest BCUT2D eigenvalue weighted by Gasteiger charge is -2.17. The summed E-state index contributed by atoms with van der Waals surface area (Å²) in [4.78, 5) is 15.6. The zero-order valence-electron chi connectivity index (χ0n) is 12.1. The highest BCUT2D eigenvalue weighted by Crippen LogP contribution is 2.12. The van der Waals surface area contributed by atoms with Crippen LogP contribution in [0.3, 0.4) is 0 Å². The number of pyridine rings is 1. The minimum atomic E-state index is -3.33.